The van der Waals surface area contributed by atoms with E-state index < -0.39 is 0 Å². The third kappa shape index (κ3) is 3.39. The van der Waals surface area contributed by atoms with Crippen LogP contribution in [0.15, 0.2) is 56.7 Å². The largest absolute Gasteiger partial charge is 0.469 e. The molecule has 2 heterocycles. The normalized spacial score (nSPS) is 12.5. The molecule has 0 saturated carbocycles. The Morgan fingerprint density at radius 2 is 2.00 bits per heavy atom. The van der Waals surface area contributed by atoms with Crippen LogP contribution in [0.4, 0.5) is 4.39 Å². The van der Waals surface area contributed by atoms with E-state index in [1.807, 2.05) is 19.1 Å². The van der Waals surface area contributed by atoms with Gasteiger partial charge in [0.1, 0.15) is 11.6 Å². The van der Waals surface area contributed by atoms with E-state index in [4.69, 9.17) is 8.83 Å². The van der Waals surface area contributed by atoms with Crippen LogP contribution in [0.5, 0.6) is 0 Å². The predicted molar refractivity (Wildman–Crippen MR) is 81.4 cm³/mol. The standard InChI is InChI=1S/C16H15FN2O2S/c1-2-22-16-19-18-15(21-16)10-13(14-4-3-9-20-14)11-5-7-12(17)8-6-11/h3-9,13H,2,10H2,1H3/t13-/m1/s1. The number of rotatable bonds is 6. The number of benzene rings is 1. The average molecular weight is 318 g/mol. The second-order valence-corrected chi connectivity index (χ2v) is 5.93. The molecule has 0 aliphatic heterocycles. The van der Waals surface area contributed by atoms with Crippen LogP contribution >= 0.6 is 11.8 Å². The summed E-state index contributed by atoms with van der Waals surface area (Å²) in [5.41, 5.74) is 0.944. The van der Waals surface area contributed by atoms with E-state index >= 15 is 0 Å². The van der Waals surface area contributed by atoms with Gasteiger partial charge in [0, 0.05) is 6.42 Å². The van der Waals surface area contributed by atoms with Gasteiger partial charge in [0.15, 0.2) is 0 Å². The number of hydrogen-bond acceptors (Lipinski definition) is 5. The average Bonchev–Trinajstić information content (AvgIpc) is 3.18. The Kier molecular flexibility index (Phi) is 4.58. The quantitative estimate of drug-likeness (QED) is 0.635. The van der Waals surface area contributed by atoms with E-state index in [2.05, 4.69) is 10.2 Å². The topological polar surface area (TPSA) is 52.1 Å². The first-order valence-electron chi connectivity index (χ1n) is 7.00. The van der Waals surface area contributed by atoms with Crippen molar-refractivity contribution in [3.05, 3.63) is 65.7 Å². The van der Waals surface area contributed by atoms with Crippen molar-refractivity contribution in [1.82, 2.24) is 10.2 Å². The molecule has 0 aliphatic rings. The zero-order chi connectivity index (χ0) is 15.4. The van der Waals surface area contributed by atoms with E-state index in [9.17, 15) is 4.39 Å². The van der Waals surface area contributed by atoms with Gasteiger partial charge in [0.25, 0.3) is 5.22 Å². The number of hydrogen-bond donors (Lipinski definition) is 0. The minimum Gasteiger partial charge on any atom is -0.469 e. The Hall–Kier alpha value is -2.08. The van der Waals surface area contributed by atoms with Gasteiger partial charge in [-0.05, 0) is 35.6 Å². The van der Waals surface area contributed by atoms with E-state index in [0.717, 1.165) is 17.1 Å². The van der Waals surface area contributed by atoms with Crippen molar-refractivity contribution < 1.29 is 13.2 Å². The first-order chi connectivity index (χ1) is 10.8. The lowest BCUT2D eigenvalue weighted by molar-refractivity contribution is 0.395. The molecule has 0 fully saturated rings. The van der Waals surface area contributed by atoms with Gasteiger partial charge >= 0.3 is 0 Å². The summed E-state index contributed by atoms with van der Waals surface area (Å²) in [7, 11) is 0. The summed E-state index contributed by atoms with van der Waals surface area (Å²) in [6, 6.07) is 10.1. The fourth-order valence-electron chi connectivity index (χ4n) is 2.24. The van der Waals surface area contributed by atoms with E-state index in [1.54, 1.807) is 18.4 Å². The molecule has 0 N–H and O–H groups in total. The predicted octanol–water partition coefficient (Wildman–Crippen LogP) is 4.29. The molecule has 3 aromatic rings. The van der Waals surface area contributed by atoms with Gasteiger partial charge in [-0.25, -0.2) is 4.39 Å². The first-order valence-corrected chi connectivity index (χ1v) is 7.99. The minimum atomic E-state index is -0.263. The monoisotopic (exact) mass is 318 g/mol. The zero-order valence-corrected chi connectivity index (χ0v) is 12.8. The van der Waals surface area contributed by atoms with Crippen molar-refractivity contribution in [1.29, 1.82) is 0 Å². The molecular weight excluding hydrogens is 303 g/mol. The molecule has 0 amide bonds. The van der Waals surface area contributed by atoms with Crippen molar-refractivity contribution in [2.24, 2.45) is 0 Å². The molecule has 22 heavy (non-hydrogen) atoms. The van der Waals surface area contributed by atoms with E-state index in [-0.39, 0.29) is 11.7 Å². The fraction of sp³-hybridized carbons (Fsp3) is 0.250. The van der Waals surface area contributed by atoms with Crippen LogP contribution in [0.3, 0.4) is 0 Å². The molecule has 0 saturated heterocycles. The zero-order valence-electron chi connectivity index (χ0n) is 12.0. The van der Waals surface area contributed by atoms with Gasteiger partial charge in [0.2, 0.25) is 5.89 Å². The Morgan fingerprint density at radius 3 is 2.68 bits per heavy atom. The molecule has 0 radical (unpaired) electrons. The Bertz CT molecular complexity index is 710. The molecule has 6 heteroatoms. The third-order valence-electron chi connectivity index (χ3n) is 3.25. The Morgan fingerprint density at radius 1 is 1.18 bits per heavy atom. The summed E-state index contributed by atoms with van der Waals surface area (Å²) >= 11 is 1.51. The second kappa shape index (κ2) is 6.79. The van der Waals surface area contributed by atoms with Crippen molar-refractivity contribution in [3.63, 3.8) is 0 Å². The van der Waals surface area contributed by atoms with Crippen molar-refractivity contribution in [2.75, 3.05) is 5.75 Å². The van der Waals surface area contributed by atoms with Crippen LogP contribution in [-0.2, 0) is 6.42 Å². The first kappa shape index (κ1) is 14.8. The summed E-state index contributed by atoms with van der Waals surface area (Å²) in [5, 5.41) is 8.64. The molecule has 0 spiro atoms. The Balaban J connectivity index is 1.87. The van der Waals surface area contributed by atoms with Crippen molar-refractivity contribution in [3.8, 4) is 0 Å². The highest BCUT2D eigenvalue weighted by Crippen LogP contribution is 2.29. The molecule has 0 bridgehead atoms. The molecule has 4 nitrogen and oxygen atoms in total. The SMILES string of the molecule is CCSc1nnc(C[C@H](c2ccc(F)cc2)c2ccco2)o1. The van der Waals surface area contributed by atoms with E-state index in [0.29, 0.717) is 17.5 Å². The lowest BCUT2D eigenvalue weighted by Crippen LogP contribution is -2.04. The number of thioether (sulfide) groups is 1. The van der Waals surface area contributed by atoms with Gasteiger partial charge in [-0.15, -0.1) is 10.2 Å². The van der Waals surface area contributed by atoms with Gasteiger partial charge in [-0.1, -0.05) is 30.8 Å². The minimum absolute atomic E-state index is 0.0875. The van der Waals surface area contributed by atoms with Crippen LogP contribution in [0.1, 0.15) is 30.1 Å². The maximum atomic E-state index is 13.1. The van der Waals surface area contributed by atoms with Crippen molar-refractivity contribution >= 4 is 11.8 Å². The van der Waals surface area contributed by atoms with Crippen LogP contribution in [0, 0.1) is 5.82 Å². The smallest absolute Gasteiger partial charge is 0.276 e. The number of aromatic nitrogens is 2. The molecule has 0 unspecified atom stereocenters. The molecular formula is C16H15FN2O2S. The number of nitrogens with zero attached hydrogens (tertiary/aromatic N) is 2. The lowest BCUT2D eigenvalue weighted by atomic mass is 9.93. The summed E-state index contributed by atoms with van der Waals surface area (Å²) in [5.74, 6) is 1.86. The molecule has 0 aliphatic carbocycles. The molecule has 1 aromatic carbocycles. The maximum Gasteiger partial charge on any atom is 0.276 e. The number of halogens is 1. The molecule has 3 rings (SSSR count). The van der Waals surface area contributed by atoms with Gasteiger partial charge in [-0.2, -0.15) is 0 Å². The summed E-state index contributed by atoms with van der Waals surface area (Å²) < 4.78 is 24.3. The summed E-state index contributed by atoms with van der Waals surface area (Å²) in [6.07, 6.45) is 2.13. The highest BCUT2D eigenvalue weighted by molar-refractivity contribution is 7.99. The third-order valence-corrected chi connectivity index (χ3v) is 3.95. The lowest BCUT2D eigenvalue weighted by Gasteiger charge is -2.13. The second-order valence-electron chi connectivity index (χ2n) is 4.72. The maximum absolute atomic E-state index is 13.1. The molecule has 114 valence electrons. The van der Waals surface area contributed by atoms with E-state index in [1.165, 1.54) is 23.9 Å². The fourth-order valence-corrected chi connectivity index (χ4v) is 2.75. The number of furan rings is 1. The summed E-state index contributed by atoms with van der Waals surface area (Å²) in [6.45, 7) is 2.03. The van der Waals surface area contributed by atoms with Crippen LogP contribution < -0.4 is 0 Å². The molecule has 2 aromatic heterocycles. The van der Waals surface area contributed by atoms with Crippen LogP contribution in [0.25, 0.3) is 0 Å². The summed E-state index contributed by atoms with van der Waals surface area (Å²) in [4.78, 5) is 0. The highest BCUT2D eigenvalue weighted by atomic mass is 32.2. The Labute approximate surface area is 131 Å². The molecule has 1 atom stereocenters. The van der Waals surface area contributed by atoms with Gasteiger partial charge in [0.05, 0.1) is 12.2 Å². The van der Waals surface area contributed by atoms with Crippen molar-refractivity contribution in [2.45, 2.75) is 24.5 Å². The van der Waals surface area contributed by atoms with Crippen LogP contribution in [-0.4, -0.2) is 16.0 Å². The van der Waals surface area contributed by atoms with Gasteiger partial charge in [-0.3, -0.25) is 0 Å². The van der Waals surface area contributed by atoms with Gasteiger partial charge < -0.3 is 8.83 Å². The van der Waals surface area contributed by atoms with Crippen LogP contribution in [0.2, 0.25) is 0 Å². The highest BCUT2D eigenvalue weighted by Gasteiger charge is 2.21.